The highest BCUT2D eigenvalue weighted by atomic mass is 16.5. The van der Waals surface area contributed by atoms with E-state index < -0.39 is 11.9 Å². The molecule has 0 spiro atoms. The predicted molar refractivity (Wildman–Crippen MR) is 27.1 cm³/mol. The van der Waals surface area contributed by atoms with E-state index in [1.807, 2.05) is 0 Å². The molecule has 4 nitrogen and oxygen atoms in total. The van der Waals surface area contributed by atoms with Gasteiger partial charge < -0.3 is 4.74 Å². The van der Waals surface area contributed by atoms with Crippen LogP contribution in [0, 0.1) is 0 Å². The molecular weight excluding hydrogens is 122 g/mol. The van der Waals surface area contributed by atoms with Gasteiger partial charge >= 0.3 is 5.97 Å². The van der Waals surface area contributed by atoms with E-state index >= 15 is 0 Å². The molecule has 1 aliphatic rings. The van der Waals surface area contributed by atoms with Crippen molar-refractivity contribution < 1.29 is 14.3 Å². The Bertz CT molecular complexity index is 194. The molecule has 0 aromatic carbocycles. The number of esters is 1. The molecule has 1 N–H and O–H groups in total. The van der Waals surface area contributed by atoms with Crippen LogP contribution in [0.2, 0.25) is 0 Å². The molecule has 0 fully saturated rings. The van der Waals surface area contributed by atoms with Gasteiger partial charge in [-0.15, -0.1) is 0 Å². The molecule has 47 valence electrons. The molecular formula is C5H4NO3. The second-order valence-electron chi connectivity index (χ2n) is 1.55. The summed E-state index contributed by atoms with van der Waals surface area (Å²) in [6, 6.07) is 0. The maximum Gasteiger partial charge on any atom is 0.343 e. The van der Waals surface area contributed by atoms with Crippen LogP contribution >= 0.6 is 0 Å². The lowest BCUT2D eigenvalue weighted by molar-refractivity contribution is -0.137. The number of nitrogens with one attached hydrogen (secondary N) is 1. The topological polar surface area (TPSA) is 67.2 Å². The summed E-state index contributed by atoms with van der Waals surface area (Å²) < 4.78 is 4.35. The Labute approximate surface area is 51.3 Å². The molecule has 0 aromatic rings. The molecule has 4 heteroatoms. The maximum atomic E-state index is 10.4. The number of ether oxygens (including phenoxy) is 1. The first kappa shape index (κ1) is 5.81. The number of hydrogen-bond donors (Lipinski definition) is 0. The lowest BCUT2D eigenvalue weighted by atomic mass is 10.3. The van der Waals surface area contributed by atoms with Gasteiger partial charge in [-0.05, 0) is 6.08 Å². The van der Waals surface area contributed by atoms with Gasteiger partial charge in [0.2, 0.25) is 0 Å². The van der Waals surface area contributed by atoms with E-state index in [4.69, 9.17) is 5.73 Å². The summed E-state index contributed by atoms with van der Waals surface area (Å²) in [6.45, 7) is 0.124. The van der Waals surface area contributed by atoms with Gasteiger partial charge in [0.1, 0.15) is 12.2 Å². The van der Waals surface area contributed by atoms with E-state index in [-0.39, 0.29) is 12.2 Å². The first-order chi connectivity index (χ1) is 4.22. The quantitative estimate of drug-likeness (QED) is 0.344. The molecule has 0 aromatic heterocycles. The summed E-state index contributed by atoms with van der Waals surface area (Å²) in [5, 5.41) is 0. The van der Waals surface area contributed by atoms with Crippen LogP contribution in [-0.2, 0) is 14.3 Å². The average Bonchev–Trinajstić information content (AvgIpc) is 2.13. The van der Waals surface area contributed by atoms with Gasteiger partial charge in [-0.25, -0.2) is 4.79 Å². The maximum absolute atomic E-state index is 10.4. The minimum absolute atomic E-state index is 0.124. The highest BCUT2D eigenvalue weighted by Gasteiger charge is 2.21. The fraction of sp³-hybridized carbons (Fsp3) is 0.200. The van der Waals surface area contributed by atoms with Gasteiger partial charge in [-0.1, -0.05) is 0 Å². The van der Waals surface area contributed by atoms with Crippen LogP contribution in [0.3, 0.4) is 0 Å². The van der Waals surface area contributed by atoms with Crippen LogP contribution in [-0.4, -0.2) is 18.5 Å². The van der Waals surface area contributed by atoms with Crippen LogP contribution in [0.15, 0.2) is 11.6 Å². The van der Waals surface area contributed by atoms with Gasteiger partial charge in [0, 0.05) is 0 Å². The third-order valence-corrected chi connectivity index (χ3v) is 0.966. The lowest BCUT2D eigenvalue weighted by Crippen LogP contribution is -2.09. The number of amides is 1. The Morgan fingerprint density at radius 1 is 1.78 bits per heavy atom. The molecule has 0 unspecified atom stereocenters. The Kier molecular flexibility index (Phi) is 1.22. The zero-order valence-corrected chi connectivity index (χ0v) is 4.51. The molecule has 0 atom stereocenters. The van der Waals surface area contributed by atoms with Gasteiger partial charge in [0.15, 0.2) is 0 Å². The summed E-state index contributed by atoms with van der Waals surface area (Å²) in [4.78, 5) is 20.5. The predicted octanol–water partition coefficient (Wildman–Crippen LogP) is -0.721. The second kappa shape index (κ2) is 1.89. The van der Waals surface area contributed by atoms with Crippen molar-refractivity contribution in [3.05, 3.63) is 11.6 Å². The Morgan fingerprint density at radius 2 is 2.44 bits per heavy atom. The molecule has 1 aliphatic heterocycles. The summed E-state index contributed by atoms with van der Waals surface area (Å²) in [5.74, 6) is -1.66. The largest absolute Gasteiger partial charge is 0.458 e. The van der Waals surface area contributed by atoms with Crippen molar-refractivity contribution in [3.63, 3.8) is 0 Å². The van der Waals surface area contributed by atoms with Crippen molar-refractivity contribution in [1.82, 2.24) is 5.73 Å². The molecule has 0 saturated heterocycles. The Balaban J connectivity index is 2.80. The Hall–Kier alpha value is -1.32. The second-order valence-corrected chi connectivity index (χ2v) is 1.55. The zero-order valence-electron chi connectivity index (χ0n) is 4.51. The van der Waals surface area contributed by atoms with E-state index in [1.54, 1.807) is 0 Å². The third-order valence-electron chi connectivity index (χ3n) is 0.966. The molecule has 9 heavy (non-hydrogen) atoms. The van der Waals surface area contributed by atoms with E-state index in [1.165, 1.54) is 6.08 Å². The molecule has 0 aliphatic carbocycles. The average molecular weight is 126 g/mol. The molecule has 0 bridgehead atoms. The van der Waals surface area contributed by atoms with Crippen molar-refractivity contribution in [2.45, 2.75) is 0 Å². The first-order valence-corrected chi connectivity index (χ1v) is 2.35. The molecule has 1 radical (unpaired) electrons. The van der Waals surface area contributed by atoms with Crippen LogP contribution in [0.4, 0.5) is 0 Å². The number of rotatable bonds is 1. The fourth-order valence-corrected chi connectivity index (χ4v) is 0.547. The Morgan fingerprint density at radius 3 is 2.67 bits per heavy atom. The molecule has 1 amide bonds. The first-order valence-electron chi connectivity index (χ1n) is 2.35. The van der Waals surface area contributed by atoms with Gasteiger partial charge in [-0.3, -0.25) is 10.5 Å². The van der Waals surface area contributed by atoms with Crippen molar-refractivity contribution in [3.8, 4) is 0 Å². The van der Waals surface area contributed by atoms with Gasteiger partial charge in [0.25, 0.3) is 5.91 Å². The summed E-state index contributed by atoms with van der Waals surface area (Å²) >= 11 is 0. The van der Waals surface area contributed by atoms with E-state index in [2.05, 4.69) is 4.74 Å². The van der Waals surface area contributed by atoms with Crippen LogP contribution in [0.5, 0.6) is 0 Å². The van der Waals surface area contributed by atoms with Crippen molar-refractivity contribution in [2.24, 2.45) is 0 Å². The standard InChI is InChI=1S/C5H4NO3/c6-4(7)3-1-2-9-5(3)8/h1,6H,2H2. The van der Waals surface area contributed by atoms with Crippen molar-refractivity contribution >= 4 is 11.9 Å². The number of carbonyl (C=O) groups is 2. The highest BCUT2D eigenvalue weighted by Crippen LogP contribution is 2.04. The molecule has 1 rings (SSSR count). The van der Waals surface area contributed by atoms with Gasteiger partial charge in [-0.2, -0.15) is 0 Å². The smallest absolute Gasteiger partial charge is 0.343 e. The highest BCUT2D eigenvalue weighted by molar-refractivity contribution is 6.16. The zero-order chi connectivity index (χ0) is 6.85. The van der Waals surface area contributed by atoms with E-state index in [9.17, 15) is 9.59 Å². The van der Waals surface area contributed by atoms with Crippen LogP contribution < -0.4 is 5.73 Å². The van der Waals surface area contributed by atoms with Crippen LogP contribution in [0.1, 0.15) is 0 Å². The third kappa shape index (κ3) is 0.910. The van der Waals surface area contributed by atoms with Crippen molar-refractivity contribution in [1.29, 1.82) is 0 Å². The normalized spacial score (nSPS) is 16.9. The summed E-state index contributed by atoms with van der Waals surface area (Å²) in [5.41, 5.74) is 6.34. The molecule has 1 heterocycles. The summed E-state index contributed by atoms with van der Waals surface area (Å²) in [7, 11) is 0. The summed E-state index contributed by atoms with van der Waals surface area (Å²) in [6.07, 6.45) is 1.30. The van der Waals surface area contributed by atoms with Gasteiger partial charge in [0.05, 0.1) is 0 Å². The monoisotopic (exact) mass is 126 g/mol. The van der Waals surface area contributed by atoms with E-state index in [0.29, 0.717) is 0 Å². The fourth-order valence-electron chi connectivity index (χ4n) is 0.547. The van der Waals surface area contributed by atoms with Crippen molar-refractivity contribution in [2.75, 3.05) is 6.61 Å². The van der Waals surface area contributed by atoms with Crippen LogP contribution in [0.25, 0.3) is 0 Å². The molecule has 0 saturated carbocycles. The SMILES string of the molecule is [NH]C(=O)C1=CCOC1=O. The lowest BCUT2D eigenvalue weighted by Gasteiger charge is -1.88. The minimum atomic E-state index is -0.975. The number of carbonyl (C=O) groups excluding carboxylic acids is 2. The van der Waals surface area contributed by atoms with E-state index in [0.717, 1.165) is 0 Å². The number of hydrogen-bond acceptors (Lipinski definition) is 3. The minimum Gasteiger partial charge on any atom is -0.458 e. The number of cyclic esters (lactones) is 1.